The van der Waals surface area contributed by atoms with E-state index in [0.29, 0.717) is 24.7 Å². The van der Waals surface area contributed by atoms with Crippen molar-refractivity contribution in [2.75, 3.05) is 13.2 Å². The molecule has 0 saturated heterocycles. The number of ether oxygens (including phenoxy) is 1. The minimum Gasteiger partial charge on any atom is -0.458 e. The average Bonchev–Trinajstić information content (AvgIpc) is 3.93. The van der Waals surface area contributed by atoms with Crippen LogP contribution in [0.3, 0.4) is 0 Å². The van der Waals surface area contributed by atoms with E-state index in [1.165, 1.54) is 0 Å². The number of carbonyl (C=O) groups is 1. The standard InChI is InChI=1S/C44H40N7O2/c1-3-29-49-30-28-41-45-31-40(43(52)53-4-2)51(41,49)32-33-24-26-34(27-25-33)38-22-14-15-23-39(38)42-46-47-48-50(42)44(35-16-8-5-9-17-35,36-18-10-6-11-19-36)37-20-12-7-13-21-37/h5-28,30-31H,3-4,29,32H2,1-2H3/q+1. The normalized spacial score (nSPS) is 16.3. The van der Waals surface area contributed by atoms with Crippen LogP contribution in [0, 0.1) is 0 Å². The Balaban J connectivity index is 1.22. The monoisotopic (exact) mass is 698 g/mol. The molecule has 0 amide bonds. The topological polar surface area (TPSA) is 85.5 Å². The fourth-order valence-corrected chi connectivity index (χ4v) is 7.75. The van der Waals surface area contributed by atoms with Gasteiger partial charge in [0.2, 0.25) is 0 Å². The third-order valence-electron chi connectivity index (χ3n) is 10.1. The molecule has 3 heterocycles. The van der Waals surface area contributed by atoms with E-state index in [1.807, 2.05) is 54.2 Å². The summed E-state index contributed by atoms with van der Waals surface area (Å²) >= 11 is 0. The number of esters is 1. The van der Waals surface area contributed by atoms with Crippen LogP contribution >= 0.6 is 0 Å². The number of carbonyl (C=O) groups excluding carboxylic acids is 1. The third kappa shape index (κ3) is 5.66. The minimum atomic E-state index is -0.874. The second-order valence-corrected chi connectivity index (χ2v) is 13.1. The van der Waals surface area contributed by atoms with Crippen LogP contribution < -0.4 is 0 Å². The van der Waals surface area contributed by atoms with E-state index < -0.39 is 5.54 Å². The first-order chi connectivity index (χ1) is 26.1. The van der Waals surface area contributed by atoms with Gasteiger partial charge in [0.25, 0.3) is 11.5 Å². The van der Waals surface area contributed by atoms with E-state index in [4.69, 9.17) is 15.0 Å². The number of nitrogens with zero attached hydrogens (tertiary/aromatic N) is 7. The molecule has 0 saturated carbocycles. The van der Waals surface area contributed by atoms with E-state index in [1.54, 1.807) is 6.20 Å². The zero-order valence-electron chi connectivity index (χ0n) is 29.8. The molecule has 0 fully saturated rings. The summed E-state index contributed by atoms with van der Waals surface area (Å²) in [5.41, 5.74) is 6.72. The Morgan fingerprint density at radius 3 is 1.91 bits per heavy atom. The van der Waals surface area contributed by atoms with Gasteiger partial charge in [0.05, 0.1) is 19.4 Å². The molecule has 0 radical (unpaired) electrons. The van der Waals surface area contributed by atoms with Crippen LogP contribution in [0.5, 0.6) is 0 Å². The molecular formula is C44H40N7O2+. The van der Waals surface area contributed by atoms with Crippen LogP contribution in [0.15, 0.2) is 169 Å². The molecule has 9 heteroatoms. The van der Waals surface area contributed by atoms with Crippen LogP contribution in [-0.4, -0.2) is 54.8 Å². The lowest BCUT2D eigenvalue weighted by Crippen LogP contribution is -2.57. The lowest BCUT2D eigenvalue weighted by Gasteiger charge is -2.38. The number of aromatic nitrogens is 4. The van der Waals surface area contributed by atoms with Gasteiger partial charge in [-0.15, -0.1) is 9.69 Å². The molecular weight excluding hydrogens is 659 g/mol. The van der Waals surface area contributed by atoms with Crippen molar-refractivity contribution >= 4 is 11.8 Å². The number of aliphatic imine (C=N–C) groups is 1. The number of quaternary nitrogens is 1. The van der Waals surface area contributed by atoms with Crippen molar-refractivity contribution < 1.29 is 14.1 Å². The summed E-state index contributed by atoms with van der Waals surface area (Å²) in [6, 6.07) is 48.0. The number of benzene rings is 5. The summed E-state index contributed by atoms with van der Waals surface area (Å²) in [5.74, 6) is 1.10. The van der Waals surface area contributed by atoms with Crippen molar-refractivity contribution in [1.29, 1.82) is 0 Å². The van der Waals surface area contributed by atoms with Crippen LogP contribution in [0.25, 0.3) is 22.5 Å². The summed E-state index contributed by atoms with van der Waals surface area (Å²) in [5, 5.41) is 16.0. The fraction of sp³-hybridized carbons (Fsp3) is 0.159. The predicted molar refractivity (Wildman–Crippen MR) is 206 cm³/mol. The van der Waals surface area contributed by atoms with Crippen LogP contribution in [-0.2, 0) is 21.6 Å². The molecule has 1 unspecified atom stereocenters. The smallest absolute Gasteiger partial charge is 0.397 e. The molecule has 2 aliphatic heterocycles. The van der Waals surface area contributed by atoms with Crippen LogP contribution in [0.2, 0.25) is 0 Å². The van der Waals surface area contributed by atoms with Crippen molar-refractivity contribution in [3.63, 3.8) is 0 Å². The zero-order valence-corrected chi connectivity index (χ0v) is 29.8. The number of fused-ring (bicyclic) bond motifs is 1. The number of hydrogen-bond donors (Lipinski definition) is 0. The Kier molecular flexibility index (Phi) is 9.08. The van der Waals surface area contributed by atoms with Crippen molar-refractivity contribution in [2.24, 2.45) is 4.99 Å². The molecule has 0 aliphatic carbocycles. The molecule has 6 aromatic rings. The van der Waals surface area contributed by atoms with Gasteiger partial charge in [0, 0.05) is 17.2 Å². The maximum Gasteiger partial charge on any atom is 0.397 e. The first-order valence-electron chi connectivity index (χ1n) is 18.0. The molecule has 2 aliphatic rings. The van der Waals surface area contributed by atoms with Gasteiger partial charge in [0.15, 0.2) is 5.82 Å². The first kappa shape index (κ1) is 33.7. The third-order valence-corrected chi connectivity index (χ3v) is 10.1. The van der Waals surface area contributed by atoms with E-state index >= 15 is 0 Å². The fourth-order valence-electron chi connectivity index (χ4n) is 7.75. The lowest BCUT2D eigenvalue weighted by molar-refractivity contribution is -0.919. The maximum atomic E-state index is 13.2. The maximum absolute atomic E-state index is 13.2. The van der Waals surface area contributed by atoms with E-state index in [2.05, 4.69) is 131 Å². The quantitative estimate of drug-likeness (QED) is 0.0729. The van der Waals surface area contributed by atoms with Gasteiger partial charge < -0.3 is 4.74 Å². The second-order valence-electron chi connectivity index (χ2n) is 13.1. The molecule has 9 nitrogen and oxygen atoms in total. The van der Waals surface area contributed by atoms with E-state index in [9.17, 15) is 4.79 Å². The Bertz CT molecular complexity index is 2220. The lowest BCUT2D eigenvalue weighted by atomic mass is 9.77. The molecule has 0 spiro atoms. The number of rotatable bonds is 12. The van der Waals surface area contributed by atoms with Crippen molar-refractivity contribution in [3.8, 4) is 22.5 Å². The van der Waals surface area contributed by atoms with Gasteiger partial charge in [0.1, 0.15) is 18.3 Å². The Morgan fingerprint density at radius 1 is 0.736 bits per heavy atom. The Morgan fingerprint density at radius 2 is 1.32 bits per heavy atom. The first-order valence-corrected chi connectivity index (χ1v) is 18.0. The molecule has 0 bridgehead atoms. The average molecular weight is 699 g/mol. The summed E-state index contributed by atoms with van der Waals surface area (Å²) in [6.07, 6.45) is 6.61. The van der Waals surface area contributed by atoms with Crippen molar-refractivity contribution in [1.82, 2.24) is 25.2 Å². The van der Waals surface area contributed by atoms with Gasteiger partial charge in [-0.1, -0.05) is 146 Å². The van der Waals surface area contributed by atoms with Crippen molar-refractivity contribution in [2.45, 2.75) is 32.4 Å². The molecule has 262 valence electrons. The summed E-state index contributed by atoms with van der Waals surface area (Å²) in [4.78, 5) is 17.9. The summed E-state index contributed by atoms with van der Waals surface area (Å²) in [6.45, 7) is 5.54. The minimum absolute atomic E-state index is 0.192. The highest BCUT2D eigenvalue weighted by Gasteiger charge is 2.53. The summed E-state index contributed by atoms with van der Waals surface area (Å²) < 4.78 is 7.66. The van der Waals surface area contributed by atoms with Gasteiger partial charge in [-0.05, 0) is 51.6 Å². The molecule has 1 aromatic heterocycles. The van der Waals surface area contributed by atoms with E-state index in [0.717, 1.165) is 57.7 Å². The zero-order chi connectivity index (χ0) is 36.3. The predicted octanol–water partition coefficient (Wildman–Crippen LogP) is 8.14. The summed E-state index contributed by atoms with van der Waals surface area (Å²) in [7, 11) is 0. The van der Waals surface area contributed by atoms with Crippen LogP contribution in [0.4, 0.5) is 0 Å². The highest BCUT2D eigenvalue weighted by Crippen LogP contribution is 2.44. The number of tetrazole rings is 1. The van der Waals surface area contributed by atoms with Gasteiger partial charge in [-0.25, -0.2) is 14.5 Å². The van der Waals surface area contributed by atoms with Gasteiger partial charge >= 0.3 is 5.97 Å². The molecule has 8 rings (SSSR count). The van der Waals surface area contributed by atoms with E-state index in [-0.39, 0.29) is 10.6 Å². The highest BCUT2D eigenvalue weighted by molar-refractivity contribution is 5.98. The largest absolute Gasteiger partial charge is 0.458 e. The Labute approximate surface area is 309 Å². The van der Waals surface area contributed by atoms with Gasteiger partial charge in [-0.2, -0.15) is 4.99 Å². The molecule has 53 heavy (non-hydrogen) atoms. The number of amidine groups is 1. The molecule has 1 atom stereocenters. The van der Waals surface area contributed by atoms with Crippen LogP contribution in [0.1, 0.15) is 42.5 Å². The molecule has 0 N–H and O–H groups in total. The van der Waals surface area contributed by atoms with Gasteiger partial charge in [-0.3, -0.25) is 0 Å². The van der Waals surface area contributed by atoms with Crippen molar-refractivity contribution in [3.05, 3.63) is 186 Å². The Hall–Kier alpha value is -6.45. The SMILES string of the molecule is CCCN1C=CC2=NC=C(C(=O)OCC)[N+]21Cc1ccc(-c2ccccc2-c2nnnn2C(c2ccccc2)(c2ccccc2)c2ccccc2)cc1. The molecule has 5 aromatic carbocycles. The number of hydrogen-bond acceptors (Lipinski definition) is 7. The second kappa shape index (κ2) is 14.3. The highest BCUT2D eigenvalue weighted by atomic mass is 16.5.